The van der Waals surface area contributed by atoms with E-state index in [1.807, 2.05) is 63.8 Å². The molecular formula is C24H21N5O. The van der Waals surface area contributed by atoms with Gasteiger partial charge in [0.15, 0.2) is 0 Å². The van der Waals surface area contributed by atoms with Gasteiger partial charge in [0, 0.05) is 11.6 Å². The van der Waals surface area contributed by atoms with E-state index < -0.39 is 0 Å². The average Bonchev–Trinajstić information content (AvgIpc) is 3.39. The van der Waals surface area contributed by atoms with Gasteiger partial charge < -0.3 is 5.32 Å². The highest BCUT2D eigenvalue weighted by Gasteiger charge is 2.15. The van der Waals surface area contributed by atoms with Crippen LogP contribution in [-0.4, -0.2) is 25.1 Å². The van der Waals surface area contributed by atoms with Crippen molar-refractivity contribution >= 4 is 28.1 Å². The Morgan fingerprint density at radius 3 is 2.70 bits per heavy atom. The summed E-state index contributed by atoms with van der Waals surface area (Å²) >= 11 is 0. The molecule has 6 heteroatoms. The van der Waals surface area contributed by atoms with Gasteiger partial charge in [0.25, 0.3) is 5.91 Å². The molecule has 0 radical (unpaired) electrons. The predicted octanol–water partition coefficient (Wildman–Crippen LogP) is 4.55. The lowest BCUT2D eigenvalue weighted by atomic mass is 10.2. The number of benzene rings is 2. The Morgan fingerprint density at radius 2 is 1.87 bits per heavy atom. The molecule has 0 fully saturated rings. The molecule has 0 saturated carbocycles. The maximum Gasteiger partial charge on any atom is 0.274 e. The molecule has 148 valence electrons. The van der Waals surface area contributed by atoms with Gasteiger partial charge in [-0.2, -0.15) is 5.10 Å². The van der Waals surface area contributed by atoms with E-state index in [0.29, 0.717) is 12.2 Å². The molecule has 0 aliphatic rings. The SMILES string of the molecule is CCc1ccn2c(C(=O)Nc3cccc4c3cnn4Cc3ccccc3)cnc2c1. The first kappa shape index (κ1) is 18.1. The molecule has 0 bridgehead atoms. The summed E-state index contributed by atoms with van der Waals surface area (Å²) in [5.41, 5.74) is 5.35. The highest BCUT2D eigenvalue weighted by molar-refractivity contribution is 6.08. The number of aryl methyl sites for hydroxylation is 1. The van der Waals surface area contributed by atoms with Gasteiger partial charge in [-0.15, -0.1) is 0 Å². The molecule has 1 amide bonds. The van der Waals surface area contributed by atoms with Crippen LogP contribution in [0.3, 0.4) is 0 Å². The Balaban J connectivity index is 1.45. The lowest BCUT2D eigenvalue weighted by molar-refractivity contribution is 0.102. The zero-order valence-corrected chi connectivity index (χ0v) is 16.6. The van der Waals surface area contributed by atoms with E-state index in [9.17, 15) is 4.79 Å². The maximum atomic E-state index is 13.0. The quantitative estimate of drug-likeness (QED) is 0.475. The molecule has 5 rings (SSSR count). The lowest BCUT2D eigenvalue weighted by Crippen LogP contribution is -2.14. The third-order valence-corrected chi connectivity index (χ3v) is 5.33. The van der Waals surface area contributed by atoms with Crippen LogP contribution in [0.4, 0.5) is 5.69 Å². The highest BCUT2D eigenvalue weighted by Crippen LogP contribution is 2.24. The number of hydrogen-bond acceptors (Lipinski definition) is 3. The van der Waals surface area contributed by atoms with E-state index in [1.165, 1.54) is 11.1 Å². The number of hydrogen-bond donors (Lipinski definition) is 1. The first-order chi connectivity index (χ1) is 14.7. The summed E-state index contributed by atoms with van der Waals surface area (Å²) in [6, 6.07) is 20.1. The first-order valence-corrected chi connectivity index (χ1v) is 9.98. The van der Waals surface area contributed by atoms with Crippen LogP contribution in [0, 0.1) is 0 Å². The third kappa shape index (κ3) is 3.22. The zero-order valence-electron chi connectivity index (χ0n) is 16.6. The Bertz CT molecular complexity index is 1350. The number of carbonyl (C=O) groups is 1. The van der Waals surface area contributed by atoms with Crippen molar-refractivity contribution < 1.29 is 4.79 Å². The Kier molecular flexibility index (Phi) is 4.52. The van der Waals surface area contributed by atoms with Crippen molar-refractivity contribution in [2.45, 2.75) is 19.9 Å². The van der Waals surface area contributed by atoms with Crippen molar-refractivity contribution in [2.24, 2.45) is 0 Å². The largest absolute Gasteiger partial charge is 0.320 e. The van der Waals surface area contributed by atoms with Crippen LogP contribution < -0.4 is 5.32 Å². The van der Waals surface area contributed by atoms with Crippen LogP contribution in [0.25, 0.3) is 16.6 Å². The van der Waals surface area contributed by atoms with E-state index >= 15 is 0 Å². The first-order valence-electron chi connectivity index (χ1n) is 9.98. The van der Waals surface area contributed by atoms with Gasteiger partial charge in [-0.3, -0.25) is 13.9 Å². The lowest BCUT2D eigenvalue weighted by Gasteiger charge is -2.08. The maximum absolute atomic E-state index is 13.0. The Hall–Kier alpha value is -3.93. The molecule has 1 N–H and O–H groups in total. The second-order valence-corrected chi connectivity index (χ2v) is 7.24. The summed E-state index contributed by atoms with van der Waals surface area (Å²) in [5.74, 6) is -0.199. The van der Waals surface area contributed by atoms with Crippen LogP contribution in [0.2, 0.25) is 0 Å². The van der Waals surface area contributed by atoms with Crippen molar-refractivity contribution in [2.75, 3.05) is 5.32 Å². The molecular weight excluding hydrogens is 374 g/mol. The second kappa shape index (κ2) is 7.48. The van der Waals surface area contributed by atoms with Crippen LogP contribution in [0.5, 0.6) is 0 Å². The number of pyridine rings is 1. The molecule has 0 unspecified atom stereocenters. The predicted molar refractivity (Wildman–Crippen MR) is 118 cm³/mol. The number of nitrogens with zero attached hydrogens (tertiary/aromatic N) is 4. The number of aromatic nitrogens is 4. The van der Waals surface area contributed by atoms with Gasteiger partial charge in [0.2, 0.25) is 0 Å². The van der Waals surface area contributed by atoms with Gasteiger partial charge >= 0.3 is 0 Å². The zero-order chi connectivity index (χ0) is 20.5. The Morgan fingerprint density at radius 1 is 1.00 bits per heavy atom. The van der Waals surface area contributed by atoms with E-state index in [-0.39, 0.29) is 5.91 Å². The fourth-order valence-corrected chi connectivity index (χ4v) is 3.69. The van der Waals surface area contributed by atoms with Crippen molar-refractivity contribution in [1.82, 2.24) is 19.2 Å². The van der Waals surface area contributed by atoms with Gasteiger partial charge in [-0.05, 0) is 41.8 Å². The minimum absolute atomic E-state index is 0.199. The summed E-state index contributed by atoms with van der Waals surface area (Å²) < 4.78 is 3.76. The molecule has 30 heavy (non-hydrogen) atoms. The van der Waals surface area contributed by atoms with Gasteiger partial charge in [0.05, 0.1) is 30.1 Å². The van der Waals surface area contributed by atoms with E-state index in [4.69, 9.17) is 0 Å². The van der Waals surface area contributed by atoms with E-state index in [1.54, 1.807) is 12.4 Å². The van der Waals surface area contributed by atoms with Crippen LogP contribution in [-0.2, 0) is 13.0 Å². The average molecular weight is 395 g/mol. The number of imidazole rings is 1. The van der Waals surface area contributed by atoms with Crippen molar-refractivity contribution in [3.8, 4) is 0 Å². The van der Waals surface area contributed by atoms with Crippen molar-refractivity contribution in [3.05, 3.63) is 96.1 Å². The molecule has 3 heterocycles. The normalized spacial score (nSPS) is 11.2. The molecule has 0 atom stereocenters. The number of rotatable bonds is 5. The molecule has 0 saturated heterocycles. The smallest absolute Gasteiger partial charge is 0.274 e. The number of anilines is 1. The minimum Gasteiger partial charge on any atom is -0.320 e. The van der Waals surface area contributed by atoms with E-state index in [0.717, 1.165) is 28.7 Å². The van der Waals surface area contributed by atoms with Gasteiger partial charge in [-0.25, -0.2) is 4.98 Å². The Labute approximate surface area is 173 Å². The number of carbonyl (C=O) groups excluding carboxylic acids is 1. The van der Waals surface area contributed by atoms with Crippen LogP contribution in [0.15, 0.2) is 79.3 Å². The molecule has 2 aromatic carbocycles. The fourth-order valence-electron chi connectivity index (χ4n) is 3.69. The monoisotopic (exact) mass is 395 g/mol. The van der Waals surface area contributed by atoms with Gasteiger partial charge in [-0.1, -0.05) is 43.3 Å². The summed E-state index contributed by atoms with van der Waals surface area (Å²) in [7, 11) is 0. The van der Waals surface area contributed by atoms with Gasteiger partial charge in [0.1, 0.15) is 11.3 Å². The number of fused-ring (bicyclic) bond motifs is 2. The molecule has 3 aromatic heterocycles. The van der Waals surface area contributed by atoms with E-state index in [2.05, 4.69) is 34.5 Å². The minimum atomic E-state index is -0.199. The van der Waals surface area contributed by atoms with Crippen LogP contribution >= 0.6 is 0 Å². The molecule has 0 aliphatic heterocycles. The summed E-state index contributed by atoms with van der Waals surface area (Å²) in [4.78, 5) is 17.4. The summed E-state index contributed by atoms with van der Waals surface area (Å²) in [6.07, 6.45) is 6.24. The number of amides is 1. The topological polar surface area (TPSA) is 64.2 Å². The summed E-state index contributed by atoms with van der Waals surface area (Å²) in [6.45, 7) is 2.77. The molecule has 6 nitrogen and oxygen atoms in total. The van der Waals surface area contributed by atoms with Crippen LogP contribution in [0.1, 0.15) is 28.5 Å². The molecule has 0 aliphatic carbocycles. The van der Waals surface area contributed by atoms with Crippen molar-refractivity contribution in [1.29, 1.82) is 0 Å². The standard InChI is InChI=1S/C24H21N5O/c1-2-17-11-12-28-22(15-25-23(28)13-17)24(30)27-20-9-6-10-21-19(20)14-26-29(21)16-18-7-4-3-5-8-18/h3-15H,2,16H2,1H3,(H,27,30). The second-order valence-electron chi connectivity index (χ2n) is 7.24. The number of nitrogens with one attached hydrogen (secondary N) is 1. The fraction of sp³-hybridized carbons (Fsp3) is 0.125. The highest BCUT2D eigenvalue weighted by atomic mass is 16.1. The molecule has 5 aromatic rings. The third-order valence-electron chi connectivity index (χ3n) is 5.33. The summed E-state index contributed by atoms with van der Waals surface area (Å²) in [5, 5.41) is 8.48. The van der Waals surface area contributed by atoms with Crippen molar-refractivity contribution in [3.63, 3.8) is 0 Å². The molecule has 0 spiro atoms.